The highest BCUT2D eigenvalue weighted by Crippen LogP contribution is 2.33. The number of benzene rings is 3. The zero-order valence-electron chi connectivity index (χ0n) is 19.0. The second kappa shape index (κ2) is 9.77. The van der Waals surface area contributed by atoms with Gasteiger partial charge in [0.25, 0.3) is 5.91 Å². The van der Waals surface area contributed by atoms with E-state index >= 15 is 4.39 Å². The molecule has 0 saturated carbocycles. The fourth-order valence-corrected chi connectivity index (χ4v) is 3.64. The van der Waals surface area contributed by atoms with E-state index in [4.69, 9.17) is 4.74 Å². The third-order valence-corrected chi connectivity index (χ3v) is 5.28. The van der Waals surface area contributed by atoms with Crippen molar-refractivity contribution in [2.45, 2.75) is 32.9 Å². The van der Waals surface area contributed by atoms with Crippen molar-refractivity contribution in [3.8, 4) is 11.5 Å². The number of nitrogens with zero attached hydrogens (tertiary/aromatic N) is 2. The summed E-state index contributed by atoms with van der Waals surface area (Å²) in [7, 11) is 0. The maximum atomic E-state index is 15.1. The number of alkyl halides is 4. The minimum atomic E-state index is -4.61. The number of carbonyl (C=O) groups is 1. The Morgan fingerprint density at radius 1 is 1.06 bits per heavy atom. The second-order valence-electron chi connectivity index (χ2n) is 8.50. The Morgan fingerprint density at radius 2 is 1.83 bits per heavy atom. The van der Waals surface area contributed by atoms with Gasteiger partial charge >= 0.3 is 6.18 Å². The number of nitrogens with one attached hydrogen (secondary N) is 1. The van der Waals surface area contributed by atoms with Crippen LogP contribution in [0.1, 0.15) is 41.6 Å². The average molecular weight is 485 g/mol. The normalized spacial score (nSPS) is 12.7. The largest absolute Gasteiger partial charge is 0.457 e. The number of rotatable bonds is 7. The third kappa shape index (κ3) is 5.62. The van der Waals surface area contributed by atoms with Crippen LogP contribution in [-0.4, -0.2) is 15.7 Å². The number of para-hydroxylation sites is 1. The van der Waals surface area contributed by atoms with E-state index in [0.29, 0.717) is 17.7 Å². The zero-order valence-corrected chi connectivity index (χ0v) is 19.0. The minimum Gasteiger partial charge on any atom is -0.457 e. The first kappa shape index (κ1) is 24.3. The summed E-state index contributed by atoms with van der Waals surface area (Å²) in [5, 5.41) is 7.35. The van der Waals surface area contributed by atoms with Gasteiger partial charge in [-0.3, -0.25) is 9.48 Å². The van der Waals surface area contributed by atoms with Gasteiger partial charge in [0.05, 0.1) is 17.3 Å². The smallest absolute Gasteiger partial charge is 0.416 e. The summed E-state index contributed by atoms with van der Waals surface area (Å²) in [6, 6.07) is 15.4. The number of hydrogen-bond acceptors (Lipinski definition) is 3. The molecule has 0 bridgehead atoms. The van der Waals surface area contributed by atoms with Crippen LogP contribution in [0.4, 0.5) is 17.6 Å². The summed E-state index contributed by atoms with van der Waals surface area (Å²) in [6.45, 7) is 4.96. The molecule has 0 fully saturated rings. The fraction of sp³-hybridized carbons (Fsp3) is 0.231. The molecule has 0 aliphatic carbocycles. The lowest BCUT2D eigenvalue weighted by Crippen LogP contribution is -2.26. The van der Waals surface area contributed by atoms with E-state index in [0.717, 1.165) is 29.6 Å². The van der Waals surface area contributed by atoms with Gasteiger partial charge in [0, 0.05) is 23.1 Å². The molecular formula is C26H23F4N3O2. The van der Waals surface area contributed by atoms with Gasteiger partial charge in [0.15, 0.2) is 0 Å². The van der Waals surface area contributed by atoms with Crippen LogP contribution in [0, 0.1) is 5.92 Å². The lowest BCUT2D eigenvalue weighted by molar-refractivity contribution is -0.137. The van der Waals surface area contributed by atoms with Crippen molar-refractivity contribution in [1.82, 2.24) is 15.1 Å². The Labute approximate surface area is 199 Å². The molecule has 0 aliphatic rings. The van der Waals surface area contributed by atoms with Gasteiger partial charge in [0.2, 0.25) is 6.30 Å². The Hall–Kier alpha value is -3.88. The predicted octanol–water partition coefficient (Wildman–Crippen LogP) is 6.90. The summed E-state index contributed by atoms with van der Waals surface area (Å²) < 4.78 is 61.7. The average Bonchev–Trinajstić information content (AvgIpc) is 3.20. The van der Waals surface area contributed by atoms with Gasteiger partial charge < -0.3 is 10.1 Å². The second-order valence-corrected chi connectivity index (χ2v) is 8.50. The number of halogens is 4. The van der Waals surface area contributed by atoms with Crippen LogP contribution in [0.3, 0.4) is 0 Å². The van der Waals surface area contributed by atoms with Crippen LogP contribution in [0.15, 0.2) is 72.9 Å². The summed E-state index contributed by atoms with van der Waals surface area (Å²) in [4.78, 5) is 12.4. The van der Waals surface area contributed by atoms with Crippen molar-refractivity contribution < 1.29 is 27.1 Å². The van der Waals surface area contributed by atoms with E-state index in [2.05, 4.69) is 24.3 Å². The van der Waals surface area contributed by atoms with Gasteiger partial charge in [-0.05, 0) is 48.4 Å². The van der Waals surface area contributed by atoms with Crippen molar-refractivity contribution in [1.29, 1.82) is 0 Å². The maximum Gasteiger partial charge on any atom is 0.416 e. The van der Waals surface area contributed by atoms with Crippen molar-refractivity contribution in [3.05, 3.63) is 89.6 Å². The SMILES string of the molecule is CC(C)Cn1ncc2cc(Oc3ccccc3[C@H](F)NC(=O)c3cccc(C(F)(F)F)c3)ccc21. The highest BCUT2D eigenvalue weighted by molar-refractivity contribution is 5.94. The van der Waals surface area contributed by atoms with Crippen LogP contribution < -0.4 is 10.1 Å². The number of aromatic nitrogens is 2. The predicted molar refractivity (Wildman–Crippen MR) is 124 cm³/mol. The molecule has 0 aliphatic heterocycles. The standard InChI is InChI=1S/C26H23F4N3O2/c1-16(2)15-33-22-11-10-20(13-18(22)14-31-33)35-23-9-4-3-8-21(23)24(27)32-25(34)17-6-5-7-19(12-17)26(28,29)30/h3-14,16,24H,15H2,1-2H3,(H,32,34)/t24-/m1/s1. The zero-order chi connectivity index (χ0) is 25.2. The molecule has 0 spiro atoms. The van der Waals surface area contributed by atoms with Crippen LogP contribution in [-0.2, 0) is 12.7 Å². The van der Waals surface area contributed by atoms with E-state index in [1.165, 1.54) is 12.1 Å². The molecule has 1 N–H and O–H groups in total. The molecule has 0 saturated heterocycles. The first-order valence-corrected chi connectivity index (χ1v) is 11.0. The van der Waals surface area contributed by atoms with Crippen LogP contribution in [0.25, 0.3) is 10.9 Å². The van der Waals surface area contributed by atoms with Crippen LogP contribution in [0.5, 0.6) is 11.5 Å². The quantitative estimate of drug-likeness (QED) is 0.229. The highest BCUT2D eigenvalue weighted by atomic mass is 19.4. The summed E-state index contributed by atoms with van der Waals surface area (Å²) >= 11 is 0. The Bertz CT molecular complexity index is 1350. The van der Waals surface area contributed by atoms with Gasteiger partial charge in [0.1, 0.15) is 11.5 Å². The van der Waals surface area contributed by atoms with Gasteiger partial charge in [-0.1, -0.05) is 38.1 Å². The monoisotopic (exact) mass is 485 g/mol. The first-order chi connectivity index (χ1) is 16.6. The summed E-state index contributed by atoms with van der Waals surface area (Å²) in [6.07, 6.45) is -4.90. The molecule has 1 heterocycles. The van der Waals surface area contributed by atoms with Gasteiger partial charge in [-0.15, -0.1) is 0 Å². The van der Waals surface area contributed by atoms with E-state index < -0.39 is 23.9 Å². The van der Waals surface area contributed by atoms with Crippen molar-refractivity contribution in [3.63, 3.8) is 0 Å². The molecule has 182 valence electrons. The number of fused-ring (bicyclic) bond motifs is 1. The number of carbonyl (C=O) groups excluding carboxylic acids is 1. The first-order valence-electron chi connectivity index (χ1n) is 11.0. The molecule has 4 aromatic rings. The molecule has 35 heavy (non-hydrogen) atoms. The molecule has 1 atom stereocenters. The third-order valence-electron chi connectivity index (χ3n) is 5.28. The highest BCUT2D eigenvalue weighted by Gasteiger charge is 2.31. The molecule has 3 aromatic carbocycles. The molecule has 1 aromatic heterocycles. The Balaban J connectivity index is 1.53. The molecular weight excluding hydrogens is 462 g/mol. The topological polar surface area (TPSA) is 56.1 Å². The van der Waals surface area contributed by atoms with E-state index in [1.807, 2.05) is 10.7 Å². The summed E-state index contributed by atoms with van der Waals surface area (Å²) in [5.41, 5.74) is -0.319. The lowest BCUT2D eigenvalue weighted by atomic mass is 10.1. The van der Waals surface area contributed by atoms with Crippen molar-refractivity contribution in [2.24, 2.45) is 5.92 Å². The fourth-order valence-electron chi connectivity index (χ4n) is 3.64. The maximum absolute atomic E-state index is 15.1. The Kier molecular flexibility index (Phi) is 6.77. The van der Waals surface area contributed by atoms with Gasteiger partial charge in [-0.2, -0.15) is 18.3 Å². The van der Waals surface area contributed by atoms with Crippen molar-refractivity contribution in [2.75, 3.05) is 0 Å². The molecule has 5 nitrogen and oxygen atoms in total. The Morgan fingerprint density at radius 3 is 2.57 bits per heavy atom. The van der Waals surface area contributed by atoms with Crippen LogP contribution >= 0.6 is 0 Å². The molecule has 9 heteroatoms. The van der Waals surface area contributed by atoms with E-state index in [1.54, 1.807) is 36.5 Å². The number of ether oxygens (including phenoxy) is 1. The van der Waals surface area contributed by atoms with E-state index in [9.17, 15) is 18.0 Å². The number of hydrogen-bond donors (Lipinski definition) is 1. The molecule has 4 rings (SSSR count). The minimum absolute atomic E-state index is 0.0309. The van der Waals surface area contributed by atoms with Crippen molar-refractivity contribution >= 4 is 16.8 Å². The number of amides is 1. The lowest BCUT2D eigenvalue weighted by Gasteiger charge is -2.16. The molecule has 0 radical (unpaired) electrons. The van der Waals surface area contributed by atoms with Gasteiger partial charge in [-0.25, -0.2) is 4.39 Å². The van der Waals surface area contributed by atoms with E-state index in [-0.39, 0.29) is 16.9 Å². The van der Waals surface area contributed by atoms with Crippen LogP contribution in [0.2, 0.25) is 0 Å². The summed E-state index contributed by atoms with van der Waals surface area (Å²) in [5.74, 6) is 0.0645. The molecule has 0 unspecified atom stereocenters. The molecule has 1 amide bonds.